The number of anilines is 1. The van der Waals surface area contributed by atoms with Gasteiger partial charge in [0.15, 0.2) is 0 Å². The Balaban J connectivity index is 1.65. The van der Waals surface area contributed by atoms with Gasteiger partial charge in [-0.1, -0.05) is 11.8 Å². The lowest BCUT2D eigenvalue weighted by Gasteiger charge is -2.11. The standard InChI is InChI=1S/C12H14N6O2S2/c1-6(22-12-15-16-17-18(12)7-2-3-7)10(20)14-11-8(9(13)19)4-5-21-11/h4-7H,2-3H2,1H3,(H2,13,19)(H,14,20). The Labute approximate surface area is 134 Å². The molecule has 0 saturated heterocycles. The summed E-state index contributed by atoms with van der Waals surface area (Å²) in [6.45, 7) is 1.77. The highest BCUT2D eigenvalue weighted by atomic mass is 32.2. The van der Waals surface area contributed by atoms with Crippen LogP contribution in [0.2, 0.25) is 0 Å². The molecule has 0 bridgehead atoms. The molecule has 2 heterocycles. The fraction of sp³-hybridized carbons (Fsp3) is 0.417. The van der Waals surface area contributed by atoms with E-state index in [1.165, 1.54) is 23.1 Å². The molecule has 1 atom stereocenters. The van der Waals surface area contributed by atoms with Crippen molar-refractivity contribution >= 4 is 39.9 Å². The van der Waals surface area contributed by atoms with Gasteiger partial charge in [-0.05, 0) is 41.6 Å². The number of amides is 2. The molecule has 2 aromatic rings. The minimum Gasteiger partial charge on any atom is -0.366 e. The third kappa shape index (κ3) is 3.12. The summed E-state index contributed by atoms with van der Waals surface area (Å²) in [5, 5.41) is 16.7. The van der Waals surface area contributed by atoms with Gasteiger partial charge in [0.1, 0.15) is 5.00 Å². The molecule has 116 valence electrons. The van der Waals surface area contributed by atoms with Gasteiger partial charge in [0.2, 0.25) is 11.1 Å². The fourth-order valence-corrected chi connectivity index (χ4v) is 3.49. The lowest BCUT2D eigenvalue weighted by Crippen LogP contribution is -2.24. The topological polar surface area (TPSA) is 116 Å². The van der Waals surface area contributed by atoms with Crippen LogP contribution in [0.3, 0.4) is 0 Å². The molecule has 0 radical (unpaired) electrons. The van der Waals surface area contributed by atoms with Crippen LogP contribution in [-0.2, 0) is 4.79 Å². The lowest BCUT2D eigenvalue weighted by molar-refractivity contribution is -0.115. The highest BCUT2D eigenvalue weighted by molar-refractivity contribution is 8.00. The van der Waals surface area contributed by atoms with Crippen LogP contribution in [0.5, 0.6) is 0 Å². The number of thiophene rings is 1. The molecular weight excluding hydrogens is 324 g/mol. The largest absolute Gasteiger partial charge is 0.366 e. The van der Waals surface area contributed by atoms with Crippen molar-refractivity contribution in [1.82, 2.24) is 20.2 Å². The first kappa shape index (κ1) is 15.0. The van der Waals surface area contributed by atoms with Gasteiger partial charge in [-0.2, -0.15) is 0 Å². The van der Waals surface area contributed by atoms with Gasteiger partial charge < -0.3 is 11.1 Å². The van der Waals surface area contributed by atoms with Gasteiger partial charge in [-0.3, -0.25) is 9.59 Å². The zero-order valence-corrected chi connectivity index (χ0v) is 13.4. The Bertz CT molecular complexity index is 708. The predicted molar refractivity (Wildman–Crippen MR) is 82.9 cm³/mol. The van der Waals surface area contributed by atoms with Crippen molar-refractivity contribution in [3.05, 3.63) is 17.0 Å². The first-order valence-corrected chi connectivity index (χ1v) is 8.45. The number of rotatable bonds is 6. The first-order valence-electron chi connectivity index (χ1n) is 6.69. The van der Waals surface area contributed by atoms with Crippen LogP contribution in [0.1, 0.15) is 36.2 Å². The van der Waals surface area contributed by atoms with Crippen molar-refractivity contribution < 1.29 is 9.59 Å². The highest BCUT2D eigenvalue weighted by Crippen LogP contribution is 2.37. The molecule has 22 heavy (non-hydrogen) atoms. The molecule has 1 fully saturated rings. The number of primary amides is 1. The maximum absolute atomic E-state index is 12.3. The normalized spacial score (nSPS) is 15.5. The van der Waals surface area contributed by atoms with E-state index in [-0.39, 0.29) is 5.91 Å². The number of thioether (sulfide) groups is 1. The lowest BCUT2D eigenvalue weighted by atomic mass is 10.3. The molecule has 10 heteroatoms. The van der Waals surface area contributed by atoms with E-state index in [9.17, 15) is 9.59 Å². The minimum atomic E-state index is -0.561. The summed E-state index contributed by atoms with van der Waals surface area (Å²) in [5.41, 5.74) is 5.58. The second-order valence-electron chi connectivity index (χ2n) is 4.91. The van der Waals surface area contributed by atoms with Crippen molar-refractivity contribution in [2.75, 3.05) is 5.32 Å². The van der Waals surface area contributed by atoms with Crippen LogP contribution in [-0.4, -0.2) is 37.3 Å². The molecule has 2 amide bonds. The maximum Gasteiger partial charge on any atom is 0.251 e. The van der Waals surface area contributed by atoms with E-state index in [1.807, 2.05) is 0 Å². The van der Waals surface area contributed by atoms with Crippen LogP contribution in [0, 0.1) is 0 Å². The van der Waals surface area contributed by atoms with E-state index >= 15 is 0 Å². The monoisotopic (exact) mass is 338 g/mol. The van der Waals surface area contributed by atoms with Crippen molar-refractivity contribution in [3.8, 4) is 0 Å². The summed E-state index contributed by atoms with van der Waals surface area (Å²) in [7, 11) is 0. The summed E-state index contributed by atoms with van der Waals surface area (Å²) in [6, 6.07) is 1.94. The van der Waals surface area contributed by atoms with Crippen LogP contribution in [0.25, 0.3) is 0 Å². The summed E-state index contributed by atoms with van der Waals surface area (Å²) in [5.74, 6) is -0.783. The van der Waals surface area contributed by atoms with E-state index in [1.54, 1.807) is 23.1 Å². The molecule has 3 rings (SSSR count). The second kappa shape index (κ2) is 6.05. The second-order valence-corrected chi connectivity index (χ2v) is 7.14. The smallest absolute Gasteiger partial charge is 0.251 e. The molecule has 2 aromatic heterocycles. The quantitative estimate of drug-likeness (QED) is 0.767. The van der Waals surface area contributed by atoms with Crippen molar-refractivity contribution in [1.29, 1.82) is 0 Å². The maximum atomic E-state index is 12.3. The third-order valence-corrected chi connectivity index (χ3v) is 5.05. The number of hydrogen-bond acceptors (Lipinski definition) is 7. The molecule has 8 nitrogen and oxygen atoms in total. The van der Waals surface area contributed by atoms with Crippen molar-refractivity contribution in [2.45, 2.75) is 36.2 Å². The average Bonchev–Trinajstić information content (AvgIpc) is 3.03. The molecule has 0 aliphatic heterocycles. The molecular formula is C12H14N6O2S2. The average molecular weight is 338 g/mol. The number of nitrogens with one attached hydrogen (secondary N) is 1. The molecule has 1 aliphatic rings. The molecule has 1 saturated carbocycles. The SMILES string of the molecule is CC(Sc1nnnn1C1CC1)C(=O)Nc1sccc1C(N)=O. The number of nitrogens with two attached hydrogens (primary N) is 1. The number of nitrogens with zero attached hydrogens (tertiary/aromatic N) is 4. The van der Waals surface area contributed by atoms with E-state index in [0.717, 1.165) is 12.8 Å². The van der Waals surface area contributed by atoms with Crippen molar-refractivity contribution in [3.63, 3.8) is 0 Å². The zero-order chi connectivity index (χ0) is 15.7. The van der Waals surface area contributed by atoms with E-state index < -0.39 is 11.2 Å². The van der Waals surface area contributed by atoms with E-state index in [2.05, 4.69) is 20.8 Å². The fourth-order valence-electron chi connectivity index (χ4n) is 1.84. The van der Waals surface area contributed by atoms with E-state index in [4.69, 9.17) is 5.73 Å². The van der Waals surface area contributed by atoms with Gasteiger partial charge in [-0.25, -0.2) is 4.68 Å². The van der Waals surface area contributed by atoms with Crippen LogP contribution < -0.4 is 11.1 Å². The molecule has 0 aromatic carbocycles. The Kier molecular flexibility index (Phi) is 4.12. The predicted octanol–water partition coefficient (Wildman–Crippen LogP) is 1.29. The molecule has 3 N–H and O–H groups in total. The van der Waals surface area contributed by atoms with Gasteiger partial charge in [0.25, 0.3) is 5.91 Å². The molecule has 1 aliphatic carbocycles. The Morgan fingerprint density at radius 1 is 1.55 bits per heavy atom. The molecule has 1 unspecified atom stereocenters. The van der Waals surface area contributed by atoms with Gasteiger partial charge in [0.05, 0.1) is 16.9 Å². The van der Waals surface area contributed by atoms with Gasteiger partial charge in [0, 0.05) is 0 Å². The Hall–Kier alpha value is -1.94. The van der Waals surface area contributed by atoms with Crippen molar-refractivity contribution in [2.24, 2.45) is 5.73 Å². The number of hydrogen-bond donors (Lipinski definition) is 2. The zero-order valence-electron chi connectivity index (χ0n) is 11.7. The summed E-state index contributed by atoms with van der Waals surface area (Å²) < 4.78 is 1.76. The third-order valence-electron chi connectivity index (χ3n) is 3.17. The number of carbonyl (C=O) groups excluding carboxylic acids is 2. The van der Waals surface area contributed by atoms with Crippen LogP contribution >= 0.6 is 23.1 Å². The Morgan fingerprint density at radius 3 is 3.00 bits per heavy atom. The minimum absolute atomic E-state index is 0.222. The summed E-state index contributed by atoms with van der Waals surface area (Å²) in [6.07, 6.45) is 2.13. The summed E-state index contributed by atoms with van der Waals surface area (Å²) >= 11 is 2.55. The van der Waals surface area contributed by atoms with Crippen LogP contribution in [0.4, 0.5) is 5.00 Å². The Morgan fingerprint density at radius 2 is 2.32 bits per heavy atom. The number of tetrazole rings is 1. The summed E-state index contributed by atoms with van der Waals surface area (Å²) in [4.78, 5) is 23.5. The highest BCUT2D eigenvalue weighted by Gasteiger charge is 2.29. The van der Waals surface area contributed by atoms with Gasteiger partial charge >= 0.3 is 0 Å². The molecule has 0 spiro atoms. The number of aromatic nitrogens is 4. The first-order chi connectivity index (χ1) is 10.6. The van der Waals surface area contributed by atoms with Crippen LogP contribution in [0.15, 0.2) is 16.6 Å². The van der Waals surface area contributed by atoms with E-state index in [0.29, 0.717) is 21.8 Å². The number of carbonyl (C=O) groups is 2. The van der Waals surface area contributed by atoms with Gasteiger partial charge in [-0.15, -0.1) is 16.4 Å².